The Labute approximate surface area is 167 Å². The number of aryl methyl sites for hydroxylation is 1. The van der Waals surface area contributed by atoms with Gasteiger partial charge in [-0.25, -0.2) is 0 Å². The summed E-state index contributed by atoms with van der Waals surface area (Å²) in [5.41, 5.74) is 1.59. The smallest absolute Gasteiger partial charge is 0.223 e. The largest absolute Gasteiger partial charge is 0.368 e. The SMILES string of the molecule is CC(=O)NC1(C2(OCc3cccc(C)c3)CC2)CN(C(=O)CC2CCCC2)C1. The summed E-state index contributed by atoms with van der Waals surface area (Å²) in [6.45, 7) is 5.33. The first-order chi connectivity index (χ1) is 13.4. The molecule has 1 heterocycles. The highest BCUT2D eigenvalue weighted by molar-refractivity contribution is 5.80. The fourth-order valence-electron chi connectivity index (χ4n) is 5.09. The molecule has 1 N–H and O–H groups in total. The Morgan fingerprint density at radius 3 is 2.54 bits per heavy atom. The van der Waals surface area contributed by atoms with Crippen molar-refractivity contribution in [3.05, 3.63) is 35.4 Å². The number of hydrogen-bond acceptors (Lipinski definition) is 3. The second kappa shape index (κ2) is 7.51. The zero-order valence-electron chi connectivity index (χ0n) is 17.1. The number of rotatable bonds is 7. The molecule has 5 heteroatoms. The Bertz CT molecular complexity index is 744. The summed E-state index contributed by atoms with van der Waals surface area (Å²) in [5, 5.41) is 3.16. The summed E-state index contributed by atoms with van der Waals surface area (Å²) >= 11 is 0. The number of benzene rings is 1. The number of nitrogens with one attached hydrogen (secondary N) is 1. The van der Waals surface area contributed by atoms with Crippen molar-refractivity contribution in [2.45, 2.75) is 76.5 Å². The maximum absolute atomic E-state index is 12.7. The third-order valence-electron chi connectivity index (χ3n) is 6.80. The Morgan fingerprint density at radius 2 is 1.93 bits per heavy atom. The monoisotopic (exact) mass is 384 g/mol. The van der Waals surface area contributed by atoms with Crippen LogP contribution in [0, 0.1) is 12.8 Å². The van der Waals surface area contributed by atoms with Crippen LogP contribution in [0.25, 0.3) is 0 Å². The van der Waals surface area contributed by atoms with E-state index >= 15 is 0 Å². The van der Waals surface area contributed by atoms with Gasteiger partial charge in [0, 0.05) is 26.4 Å². The van der Waals surface area contributed by atoms with E-state index < -0.39 is 5.54 Å². The van der Waals surface area contributed by atoms with Gasteiger partial charge in [0.05, 0.1) is 12.2 Å². The third kappa shape index (κ3) is 3.82. The quantitative estimate of drug-likeness (QED) is 0.784. The molecular formula is C23H32N2O3. The zero-order chi connectivity index (χ0) is 19.8. The third-order valence-corrected chi connectivity index (χ3v) is 6.80. The van der Waals surface area contributed by atoms with E-state index in [0.717, 1.165) is 18.4 Å². The average Bonchev–Trinajstić information content (AvgIpc) is 3.24. The molecule has 1 aliphatic heterocycles. The minimum absolute atomic E-state index is 0.0478. The van der Waals surface area contributed by atoms with Crippen molar-refractivity contribution < 1.29 is 14.3 Å². The van der Waals surface area contributed by atoms with E-state index in [2.05, 4.69) is 30.4 Å². The van der Waals surface area contributed by atoms with Crippen LogP contribution >= 0.6 is 0 Å². The summed E-state index contributed by atoms with van der Waals surface area (Å²) in [5.74, 6) is 0.742. The molecule has 0 radical (unpaired) electrons. The minimum Gasteiger partial charge on any atom is -0.368 e. The van der Waals surface area contributed by atoms with Crippen LogP contribution in [0.4, 0.5) is 0 Å². The van der Waals surface area contributed by atoms with Gasteiger partial charge in [0.1, 0.15) is 5.54 Å². The molecule has 0 atom stereocenters. The molecule has 1 aromatic rings. The second-order valence-corrected chi connectivity index (χ2v) is 9.14. The van der Waals surface area contributed by atoms with Crippen molar-refractivity contribution in [3.8, 4) is 0 Å². The van der Waals surface area contributed by atoms with Gasteiger partial charge >= 0.3 is 0 Å². The standard InChI is InChI=1S/C23H32N2O3/c1-17-6-5-9-20(12-17)14-28-23(10-11-23)22(24-18(2)26)15-25(16-22)21(27)13-19-7-3-4-8-19/h5-6,9,12,19H,3-4,7-8,10-11,13-16H2,1-2H3,(H,24,26). The number of likely N-dealkylation sites (tertiary alicyclic amines) is 1. The number of ether oxygens (including phenoxy) is 1. The van der Waals surface area contributed by atoms with E-state index in [-0.39, 0.29) is 17.4 Å². The number of nitrogens with zero attached hydrogens (tertiary/aromatic N) is 1. The van der Waals surface area contributed by atoms with Gasteiger partial charge in [-0.2, -0.15) is 0 Å². The van der Waals surface area contributed by atoms with Crippen LogP contribution < -0.4 is 5.32 Å². The number of carbonyl (C=O) groups excluding carboxylic acids is 2. The van der Waals surface area contributed by atoms with Gasteiger partial charge in [0.25, 0.3) is 0 Å². The first kappa shape index (κ1) is 19.4. The predicted octanol–water partition coefficient (Wildman–Crippen LogP) is 3.34. The van der Waals surface area contributed by atoms with Crippen molar-refractivity contribution >= 4 is 11.8 Å². The van der Waals surface area contributed by atoms with Crippen LogP contribution in [0.5, 0.6) is 0 Å². The first-order valence-electron chi connectivity index (χ1n) is 10.7. The van der Waals surface area contributed by atoms with Crippen molar-refractivity contribution in [2.75, 3.05) is 13.1 Å². The van der Waals surface area contributed by atoms with E-state index in [1.54, 1.807) is 6.92 Å². The van der Waals surface area contributed by atoms with E-state index in [9.17, 15) is 9.59 Å². The molecule has 4 rings (SSSR count). The van der Waals surface area contributed by atoms with E-state index in [4.69, 9.17) is 4.74 Å². The van der Waals surface area contributed by atoms with Gasteiger partial charge in [0.2, 0.25) is 11.8 Å². The van der Waals surface area contributed by atoms with Crippen LogP contribution in [0.1, 0.15) is 63.0 Å². The maximum atomic E-state index is 12.7. The number of hydrogen-bond donors (Lipinski definition) is 1. The Hall–Kier alpha value is -1.88. The maximum Gasteiger partial charge on any atom is 0.223 e. The number of amides is 2. The molecule has 0 unspecified atom stereocenters. The molecule has 0 spiro atoms. The normalized spacial score (nSPS) is 22.6. The molecule has 5 nitrogen and oxygen atoms in total. The Kier molecular flexibility index (Phi) is 5.21. The van der Waals surface area contributed by atoms with Crippen molar-refractivity contribution in [1.29, 1.82) is 0 Å². The lowest BCUT2D eigenvalue weighted by Crippen LogP contribution is -2.77. The van der Waals surface area contributed by atoms with Crippen LogP contribution in [0.3, 0.4) is 0 Å². The minimum atomic E-state index is -0.437. The highest BCUT2D eigenvalue weighted by Gasteiger charge is 2.66. The Morgan fingerprint density at radius 1 is 1.21 bits per heavy atom. The molecule has 2 saturated carbocycles. The molecular weight excluding hydrogens is 352 g/mol. The topological polar surface area (TPSA) is 58.6 Å². The van der Waals surface area contributed by atoms with Gasteiger partial charge in [-0.05, 0) is 44.1 Å². The van der Waals surface area contributed by atoms with E-state index in [0.29, 0.717) is 32.0 Å². The summed E-state index contributed by atoms with van der Waals surface area (Å²) in [6, 6.07) is 8.34. The van der Waals surface area contributed by atoms with Crippen LogP contribution in [-0.2, 0) is 20.9 Å². The lowest BCUT2D eigenvalue weighted by atomic mass is 9.80. The molecule has 0 aromatic heterocycles. The molecule has 2 aliphatic carbocycles. The van der Waals surface area contributed by atoms with Gasteiger partial charge in [-0.1, -0.05) is 42.7 Å². The highest BCUT2D eigenvalue weighted by atomic mass is 16.5. The zero-order valence-corrected chi connectivity index (χ0v) is 17.1. The number of carbonyl (C=O) groups is 2. The molecule has 3 aliphatic rings. The molecule has 3 fully saturated rings. The molecule has 0 bridgehead atoms. The first-order valence-corrected chi connectivity index (χ1v) is 10.7. The predicted molar refractivity (Wildman–Crippen MR) is 108 cm³/mol. The van der Waals surface area contributed by atoms with Crippen LogP contribution in [0.2, 0.25) is 0 Å². The molecule has 28 heavy (non-hydrogen) atoms. The van der Waals surface area contributed by atoms with Gasteiger partial charge in [-0.15, -0.1) is 0 Å². The van der Waals surface area contributed by atoms with Crippen molar-refractivity contribution in [3.63, 3.8) is 0 Å². The summed E-state index contributed by atoms with van der Waals surface area (Å²) < 4.78 is 6.40. The van der Waals surface area contributed by atoms with Crippen LogP contribution in [0.15, 0.2) is 24.3 Å². The lowest BCUT2D eigenvalue weighted by Gasteiger charge is -2.54. The molecule has 152 valence electrons. The van der Waals surface area contributed by atoms with Gasteiger partial charge < -0.3 is 15.0 Å². The van der Waals surface area contributed by atoms with E-state index in [1.165, 1.54) is 31.2 Å². The average molecular weight is 385 g/mol. The molecule has 1 saturated heterocycles. The fraction of sp³-hybridized carbons (Fsp3) is 0.652. The highest BCUT2D eigenvalue weighted by Crippen LogP contribution is 2.52. The fourth-order valence-corrected chi connectivity index (χ4v) is 5.09. The van der Waals surface area contributed by atoms with Crippen molar-refractivity contribution in [2.24, 2.45) is 5.92 Å². The van der Waals surface area contributed by atoms with Gasteiger partial charge in [-0.3, -0.25) is 9.59 Å². The Balaban J connectivity index is 1.40. The summed E-state index contributed by atoms with van der Waals surface area (Å²) in [7, 11) is 0. The summed E-state index contributed by atoms with van der Waals surface area (Å²) in [4.78, 5) is 26.5. The van der Waals surface area contributed by atoms with Gasteiger partial charge in [0.15, 0.2) is 0 Å². The molecule has 2 amide bonds. The van der Waals surface area contributed by atoms with E-state index in [1.807, 2.05) is 11.0 Å². The second-order valence-electron chi connectivity index (χ2n) is 9.14. The molecule has 1 aromatic carbocycles. The van der Waals surface area contributed by atoms with Crippen LogP contribution in [-0.4, -0.2) is 40.9 Å². The van der Waals surface area contributed by atoms with Crippen molar-refractivity contribution in [1.82, 2.24) is 10.2 Å². The lowest BCUT2D eigenvalue weighted by molar-refractivity contribution is -0.158. The summed E-state index contributed by atoms with van der Waals surface area (Å²) in [6.07, 6.45) is 7.40.